The summed E-state index contributed by atoms with van der Waals surface area (Å²) >= 11 is 0. The van der Waals surface area contributed by atoms with E-state index in [1.807, 2.05) is 0 Å². The van der Waals surface area contributed by atoms with Crippen molar-refractivity contribution >= 4 is 30.4 Å². The summed E-state index contributed by atoms with van der Waals surface area (Å²) < 4.78 is 42.9. The third-order valence-corrected chi connectivity index (χ3v) is 3.56. The molecule has 7 heteroatoms. The number of thiol groups is 1. The van der Waals surface area contributed by atoms with Crippen LogP contribution in [0.2, 0.25) is 0 Å². The van der Waals surface area contributed by atoms with Crippen molar-refractivity contribution in [3.63, 3.8) is 0 Å². The second-order valence-electron chi connectivity index (χ2n) is 2.54. The molecule has 4 nitrogen and oxygen atoms in total. The smallest absolute Gasteiger partial charge is 0.232 e. The van der Waals surface area contributed by atoms with Crippen molar-refractivity contribution in [3.8, 4) is 0 Å². The van der Waals surface area contributed by atoms with Crippen molar-refractivity contribution in [2.45, 2.75) is 10.6 Å². The second-order valence-corrected chi connectivity index (χ2v) is 6.05. The third-order valence-electron chi connectivity index (χ3n) is 1.53. The number of rotatable bonds is 3. The summed E-state index contributed by atoms with van der Waals surface area (Å²) in [7, 11) is -1.41. The van der Waals surface area contributed by atoms with Crippen LogP contribution in [-0.2, 0) is 25.5 Å². The average molecular weight is 255 g/mol. The van der Waals surface area contributed by atoms with Crippen LogP contribution in [0.5, 0.6) is 0 Å². The highest BCUT2D eigenvalue weighted by Crippen LogP contribution is 2.19. The van der Waals surface area contributed by atoms with Crippen LogP contribution < -0.4 is 0 Å². The molecule has 0 saturated heterocycles. The zero-order valence-corrected chi connectivity index (χ0v) is 9.35. The van der Waals surface area contributed by atoms with E-state index in [0.29, 0.717) is 0 Å². The van der Waals surface area contributed by atoms with Gasteiger partial charge in [0.15, 0.2) is 0 Å². The Bertz CT molecular complexity index is 496. The van der Waals surface area contributed by atoms with Gasteiger partial charge in [-0.2, -0.15) is 0 Å². The molecule has 0 saturated carbocycles. The molecule has 0 amide bonds. The van der Waals surface area contributed by atoms with Gasteiger partial charge < -0.3 is 0 Å². The third kappa shape index (κ3) is 2.97. The number of benzene rings is 1. The first-order valence-electron chi connectivity index (χ1n) is 3.55. The summed E-state index contributed by atoms with van der Waals surface area (Å²) in [6, 6.07) is 5.73. The van der Waals surface area contributed by atoms with Crippen molar-refractivity contribution in [1.29, 1.82) is 0 Å². The second kappa shape index (κ2) is 4.29. The fraction of sp³-hybridized carbons (Fsp3) is 0.143. The quantitative estimate of drug-likeness (QED) is 0.638. The largest absolute Gasteiger partial charge is 0.261 e. The topological polar surface area (TPSA) is 68.3 Å². The Hall–Kier alpha value is -0.590. The Balaban J connectivity index is 3.30. The zero-order valence-electron chi connectivity index (χ0n) is 6.88. The molecule has 0 atom stereocenters. The molecule has 0 aliphatic rings. The van der Waals surface area contributed by atoms with E-state index in [9.17, 15) is 16.8 Å². The van der Waals surface area contributed by atoms with Crippen LogP contribution in [0.1, 0.15) is 5.56 Å². The lowest BCUT2D eigenvalue weighted by Crippen LogP contribution is -1.98. The summed E-state index contributed by atoms with van der Waals surface area (Å²) in [6.07, 6.45) is 0. The van der Waals surface area contributed by atoms with Gasteiger partial charge in [-0.15, -0.1) is 0 Å². The highest BCUT2D eigenvalue weighted by atomic mass is 35.7. The van der Waals surface area contributed by atoms with Crippen LogP contribution in [0.25, 0.3) is 0 Å². The van der Waals surface area contributed by atoms with Crippen LogP contribution in [0.15, 0.2) is 29.2 Å². The normalized spacial score (nSPS) is 11.9. The maximum Gasteiger partial charge on any atom is 0.261 e. The molecule has 1 rings (SSSR count). The van der Waals surface area contributed by atoms with Gasteiger partial charge in [0, 0.05) is 10.7 Å². The van der Waals surface area contributed by atoms with E-state index in [2.05, 4.69) is 0 Å². The molecular weight excluding hydrogens is 248 g/mol. The molecule has 0 unspecified atom stereocenters. The molecular formula is C7H7ClO4S2. The minimum atomic E-state index is -3.87. The van der Waals surface area contributed by atoms with Gasteiger partial charge in [0.05, 0.1) is 10.6 Å². The minimum absolute atomic E-state index is 0.152. The summed E-state index contributed by atoms with van der Waals surface area (Å²) in [5.74, 6) is -0.322. The summed E-state index contributed by atoms with van der Waals surface area (Å²) in [4.78, 5) is -0.152. The molecule has 1 aromatic rings. The lowest BCUT2D eigenvalue weighted by Gasteiger charge is -2.01. The number of halogens is 1. The molecule has 0 aliphatic heterocycles. The van der Waals surface area contributed by atoms with E-state index in [1.165, 1.54) is 18.2 Å². The van der Waals surface area contributed by atoms with E-state index in [0.717, 1.165) is 0 Å². The standard InChI is InChI=1S/C7H7ClO4S2/c8-14(11,12)7-4-2-1-3-6(7)5-13(9)10/h1-4,13H,5H2. The lowest BCUT2D eigenvalue weighted by molar-refractivity contribution is 0.608. The van der Waals surface area contributed by atoms with Gasteiger partial charge in [-0.1, -0.05) is 18.2 Å². The van der Waals surface area contributed by atoms with E-state index >= 15 is 0 Å². The van der Waals surface area contributed by atoms with Gasteiger partial charge in [0.2, 0.25) is 0 Å². The molecule has 1 aromatic carbocycles. The molecule has 78 valence electrons. The van der Waals surface area contributed by atoms with E-state index in [1.54, 1.807) is 6.07 Å². The van der Waals surface area contributed by atoms with Crippen molar-refractivity contribution in [1.82, 2.24) is 0 Å². The molecule has 0 bridgehead atoms. The van der Waals surface area contributed by atoms with Gasteiger partial charge in [-0.3, -0.25) is 0 Å². The Labute approximate surface area is 87.9 Å². The fourth-order valence-corrected chi connectivity index (χ4v) is 2.82. The van der Waals surface area contributed by atoms with E-state index in [-0.39, 0.29) is 16.2 Å². The predicted octanol–water partition coefficient (Wildman–Crippen LogP) is 0.726. The minimum Gasteiger partial charge on any atom is -0.232 e. The maximum atomic E-state index is 11.0. The van der Waals surface area contributed by atoms with Gasteiger partial charge in [0.25, 0.3) is 9.05 Å². The Morgan fingerprint density at radius 3 is 2.29 bits per heavy atom. The summed E-state index contributed by atoms with van der Waals surface area (Å²) in [5.41, 5.74) is 0.193. The summed E-state index contributed by atoms with van der Waals surface area (Å²) in [5, 5.41) is 0. The monoisotopic (exact) mass is 254 g/mol. The summed E-state index contributed by atoms with van der Waals surface area (Å²) in [6.45, 7) is 0. The average Bonchev–Trinajstić information content (AvgIpc) is 2.01. The van der Waals surface area contributed by atoms with Crippen LogP contribution in [0, 0.1) is 0 Å². The number of hydrogen-bond donors (Lipinski definition) is 1. The molecule has 0 aliphatic carbocycles. The van der Waals surface area contributed by atoms with Crippen LogP contribution in [0.4, 0.5) is 0 Å². The zero-order chi connectivity index (χ0) is 10.8. The lowest BCUT2D eigenvalue weighted by atomic mass is 10.2. The first-order chi connectivity index (χ1) is 6.41. The predicted molar refractivity (Wildman–Crippen MR) is 53.5 cm³/mol. The van der Waals surface area contributed by atoms with Crippen LogP contribution >= 0.6 is 10.7 Å². The van der Waals surface area contributed by atoms with Gasteiger partial charge >= 0.3 is 0 Å². The Morgan fingerprint density at radius 1 is 1.21 bits per heavy atom. The Morgan fingerprint density at radius 2 is 1.79 bits per heavy atom. The van der Waals surface area contributed by atoms with Crippen molar-refractivity contribution in [2.24, 2.45) is 0 Å². The first kappa shape index (κ1) is 11.5. The fourth-order valence-electron chi connectivity index (χ4n) is 1.01. The molecule has 0 aromatic heterocycles. The molecule has 0 spiro atoms. The molecule has 0 radical (unpaired) electrons. The maximum absolute atomic E-state index is 11.0. The van der Waals surface area contributed by atoms with Crippen LogP contribution in [-0.4, -0.2) is 16.8 Å². The van der Waals surface area contributed by atoms with Gasteiger partial charge in [-0.05, 0) is 11.6 Å². The SMILES string of the molecule is O=[SH](=O)Cc1ccccc1S(=O)(=O)Cl. The number of hydrogen-bond acceptors (Lipinski definition) is 4. The van der Waals surface area contributed by atoms with E-state index < -0.39 is 19.8 Å². The molecule has 0 fully saturated rings. The van der Waals surface area contributed by atoms with E-state index in [4.69, 9.17) is 10.7 Å². The molecule has 14 heavy (non-hydrogen) atoms. The van der Waals surface area contributed by atoms with Crippen LogP contribution in [0.3, 0.4) is 0 Å². The molecule has 0 heterocycles. The van der Waals surface area contributed by atoms with Gasteiger partial charge in [-0.25, -0.2) is 16.8 Å². The first-order valence-corrected chi connectivity index (χ1v) is 7.23. The molecule has 0 N–H and O–H groups in total. The van der Waals surface area contributed by atoms with Crippen molar-refractivity contribution in [2.75, 3.05) is 0 Å². The Kier molecular flexibility index (Phi) is 3.52. The van der Waals surface area contributed by atoms with Crippen molar-refractivity contribution < 1.29 is 16.8 Å². The van der Waals surface area contributed by atoms with Gasteiger partial charge in [0.1, 0.15) is 10.7 Å². The highest BCUT2D eigenvalue weighted by Gasteiger charge is 2.14. The highest BCUT2D eigenvalue weighted by molar-refractivity contribution is 8.13. The van der Waals surface area contributed by atoms with Crippen molar-refractivity contribution in [3.05, 3.63) is 29.8 Å².